The van der Waals surface area contributed by atoms with Gasteiger partial charge in [0.1, 0.15) is 0 Å². The number of ether oxygens (including phenoxy) is 1. The van der Waals surface area contributed by atoms with Crippen LogP contribution in [0.5, 0.6) is 0 Å². The summed E-state index contributed by atoms with van der Waals surface area (Å²) in [5, 5.41) is 0. The SMILES string of the molecule is CCOC(=O)C1C[C@H]2CC[C@@H]1CC2. The Bertz CT molecular complexity index is 192. The van der Waals surface area contributed by atoms with E-state index in [2.05, 4.69) is 0 Å². The molecular weight excluding hydrogens is 164 g/mol. The molecule has 1 unspecified atom stereocenters. The topological polar surface area (TPSA) is 26.3 Å². The molecule has 3 aliphatic carbocycles. The van der Waals surface area contributed by atoms with Crippen LogP contribution >= 0.6 is 0 Å². The van der Waals surface area contributed by atoms with Crippen molar-refractivity contribution < 1.29 is 9.53 Å². The van der Waals surface area contributed by atoms with E-state index in [-0.39, 0.29) is 11.9 Å². The zero-order chi connectivity index (χ0) is 9.26. The highest BCUT2D eigenvalue weighted by molar-refractivity contribution is 5.73. The number of fused-ring (bicyclic) bond motifs is 3. The van der Waals surface area contributed by atoms with Gasteiger partial charge >= 0.3 is 5.97 Å². The van der Waals surface area contributed by atoms with E-state index in [0.717, 1.165) is 12.3 Å². The van der Waals surface area contributed by atoms with E-state index in [1.807, 2.05) is 6.92 Å². The predicted molar refractivity (Wildman–Crippen MR) is 50.2 cm³/mol. The van der Waals surface area contributed by atoms with Crippen LogP contribution in [0.2, 0.25) is 0 Å². The Morgan fingerprint density at radius 3 is 2.46 bits per heavy atom. The fourth-order valence-corrected chi connectivity index (χ4v) is 2.92. The minimum absolute atomic E-state index is 0.0666. The lowest BCUT2D eigenvalue weighted by molar-refractivity contribution is -0.153. The first kappa shape index (κ1) is 9.04. The summed E-state index contributed by atoms with van der Waals surface area (Å²) in [6.45, 7) is 2.42. The van der Waals surface area contributed by atoms with Gasteiger partial charge in [0.25, 0.3) is 0 Å². The molecule has 2 heteroatoms. The fourth-order valence-electron chi connectivity index (χ4n) is 2.92. The van der Waals surface area contributed by atoms with Crippen LogP contribution in [-0.2, 0) is 9.53 Å². The maximum Gasteiger partial charge on any atom is 0.309 e. The van der Waals surface area contributed by atoms with Gasteiger partial charge in [-0.05, 0) is 38.0 Å². The first-order valence-corrected chi connectivity index (χ1v) is 5.48. The molecule has 0 spiro atoms. The van der Waals surface area contributed by atoms with E-state index in [0.29, 0.717) is 12.5 Å². The van der Waals surface area contributed by atoms with Crippen LogP contribution in [0, 0.1) is 17.8 Å². The molecule has 0 saturated heterocycles. The minimum atomic E-state index is 0.0666. The molecule has 0 aromatic heterocycles. The van der Waals surface area contributed by atoms with Crippen LogP contribution in [0.15, 0.2) is 0 Å². The van der Waals surface area contributed by atoms with Gasteiger partial charge in [0.05, 0.1) is 12.5 Å². The van der Waals surface area contributed by atoms with Gasteiger partial charge in [-0.25, -0.2) is 0 Å². The van der Waals surface area contributed by atoms with Crippen molar-refractivity contribution in [2.24, 2.45) is 17.8 Å². The normalized spacial score (nSPS) is 37.5. The number of rotatable bonds is 2. The molecule has 3 fully saturated rings. The lowest BCUT2D eigenvalue weighted by atomic mass is 9.65. The molecule has 13 heavy (non-hydrogen) atoms. The third-order valence-corrected chi connectivity index (χ3v) is 3.64. The Morgan fingerprint density at radius 1 is 1.31 bits per heavy atom. The highest BCUT2D eigenvalue weighted by Crippen LogP contribution is 2.45. The van der Waals surface area contributed by atoms with Crippen molar-refractivity contribution in [2.45, 2.75) is 39.0 Å². The average Bonchev–Trinajstić information content (AvgIpc) is 2.20. The molecule has 0 aromatic carbocycles. The first-order chi connectivity index (χ1) is 6.31. The van der Waals surface area contributed by atoms with Crippen molar-refractivity contribution in [2.75, 3.05) is 6.61 Å². The van der Waals surface area contributed by atoms with Crippen molar-refractivity contribution in [3.63, 3.8) is 0 Å². The van der Waals surface area contributed by atoms with E-state index >= 15 is 0 Å². The van der Waals surface area contributed by atoms with Crippen LogP contribution in [-0.4, -0.2) is 12.6 Å². The molecule has 74 valence electrons. The maximum absolute atomic E-state index is 11.6. The monoisotopic (exact) mass is 182 g/mol. The van der Waals surface area contributed by atoms with Gasteiger partial charge in [-0.2, -0.15) is 0 Å². The van der Waals surface area contributed by atoms with Crippen LogP contribution in [0.3, 0.4) is 0 Å². The van der Waals surface area contributed by atoms with Crippen LogP contribution in [0.4, 0.5) is 0 Å². The summed E-state index contributed by atoms with van der Waals surface area (Å²) in [7, 11) is 0. The van der Waals surface area contributed by atoms with E-state index in [1.54, 1.807) is 0 Å². The smallest absolute Gasteiger partial charge is 0.309 e. The summed E-state index contributed by atoms with van der Waals surface area (Å²) in [6, 6.07) is 0. The molecule has 0 heterocycles. The van der Waals surface area contributed by atoms with Crippen molar-refractivity contribution in [1.82, 2.24) is 0 Å². The van der Waals surface area contributed by atoms with Gasteiger partial charge in [0, 0.05) is 0 Å². The van der Waals surface area contributed by atoms with E-state index in [9.17, 15) is 4.79 Å². The molecule has 3 aliphatic rings. The van der Waals surface area contributed by atoms with Gasteiger partial charge in [-0.15, -0.1) is 0 Å². The second kappa shape index (κ2) is 3.69. The van der Waals surface area contributed by atoms with Gasteiger partial charge in [-0.3, -0.25) is 4.79 Å². The number of hydrogen-bond acceptors (Lipinski definition) is 2. The molecule has 0 aromatic rings. The largest absolute Gasteiger partial charge is 0.466 e. The second-order valence-corrected chi connectivity index (χ2v) is 4.38. The molecular formula is C11H18O2. The average molecular weight is 182 g/mol. The zero-order valence-corrected chi connectivity index (χ0v) is 8.29. The highest BCUT2D eigenvalue weighted by Gasteiger charge is 2.39. The Kier molecular flexibility index (Phi) is 2.56. The Labute approximate surface area is 79.7 Å². The van der Waals surface area contributed by atoms with E-state index in [4.69, 9.17) is 4.74 Å². The Hall–Kier alpha value is -0.530. The maximum atomic E-state index is 11.6. The highest BCUT2D eigenvalue weighted by atomic mass is 16.5. The number of esters is 1. The summed E-state index contributed by atoms with van der Waals surface area (Å²) in [6.07, 6.45) is 6.31. The molecule has 0 radical (unpaired) electrons. The summed E-state index contributed by atoms with van der Waals surface area (Å²) in [4.78, 5) is 11.6. The Balaban J connectivity index is 1.96. The molecule has 2 nitrogen and oxygen atoms in total. The molecule has 0 N–H and O–H groups in total. The van der Waals surface area contributed by atoms with Gasteiger partial charge < -0.3 is 4.74 Å². The van der Waals surface area contributed by atoms with Gasteiger partial charge in [-0.1, -0.05) is 12.8 Å². The van der Waals surface area contributed by atoms with Crippen LogP contribution in [0.1, 0.15) is 39.0 Å². The minimum Gasteiger partial charge on any atom is -0.466 e. The van der Waals surface area contributed by atoms with Crippen LogP contribution < -0.4 is 0 Å². The summed E-state index contributed by atoms with van der Waals surface area (Å²) < 4.78 is 5.10. The van der Waals surface area contributed by atoms with Crippen molar-refractivity contribution in [1.29, 1.82) is 0 Å². The number of carbonyl (C=O) groups is 1. The zero-order valence-electron chi connectivity index (χ0n) is 8.29. The number of carbonyl (C=O) groups excluding carboxylic acids is 1. The number of hydrogen-bond donors (Lipinski definition) is 0. The van der Waals surface area contributed by atoms with Gasteiger partial charge in [0.2, 0.25) is 0 Å². The van der Waals surface area contributed by atoms with E-state index in [1.165, 1.54) is 25.7 Å². The summed E-state index contributed by atoms with van der Waals surface area (Å²) in [5.74, 6) is 1.77. The molecule has 0 amide bonds. The molecule has 2 bridgehead atoms. The lowest BCUT2D eigenvalue weighted by Gasteiger charge is -2.40. The lowest BCUT2D eigenvalue weighted by Crippen LogP contribution is -2.36. The van der Waals surface area contributed by atoms with Crippen molar-refractivity contribution >= 4 is 5.97 Å². The first-order valence-electron chi connectivity index (χ1n) is 5.48. The van der Waals surface area contributed by atoms with Crippen molar-refractivity contribution in [3.05, 3.63) is 0 Å². The molecule has 3 rings (SSSR count). The fraction of sp³-hybridized carbons (Fsp3) is 0.909. The van der Waals surface area contributed by atoms with E-state index < -0.39 is 0 Å². The molecule has 0 aliphatic heterocycles. The predicted octanol–water partition coefficient (Wildman–Crippen LogP) is 2.38. The van der Waals surface area contributed by atoms with Gasteiger partial charge in [0.15, 0.2) is 0 Å². The molecule has 1 atom stereocenters. The standard InChI is InChI=1S/C11H18O2/c1-2-13-11(12)10-7-8-3-5-9(10)6-4-8/h8-10H,2-7H2,1H3/t8-,9+,10?. The van der Waals surface area contributed by atoms with Crippen LogP contribution in [0.25, 0.3) is 0 Å². The van der Waals surface area contributed by atoms with Crippen molar-refractivity contribution in [3.8, 4) is 0 Å². The Morgan fingerprint density at radius 2 is 2.00 bits per heavy atom. The summed E-state index contributed by atoms with van der Waals surface area (Å²) in [5.41, 5.74) is 0. The second-order valence-electron chi connectivity index (χ2n) is 4.38. The molecule has 3 saturated carbocycles. The summed E-state index contributed by atoms with van der Waals surface area (Å²) >= 11 is 0. The third-order valence-electron chi connectivity index (χ3n) is 3.64. The third kappa shape index (κ3) is 1.72. The quantitative estimate of drug-likeness (QED) is 0.613.